The molecule has 1 amide bonds. The van der Waals surface area contributed by atoms with Gasteiger partial charge in [-0.1, -0.05) is 50.0 Å². The van der Waals surface area contributed by atoms with E-state index in [9.17, 15) is 15.0 Å². The van der Waals surface area contributed by atoms with Crippen LogP contribution in [0.1, 0.15) is 64.7 Å². The molecule has 0 unspecified atom stereocenters. The van der Waals surface area contributed by atoms with Crippen LogP contribution >= 0.6 is 0 Å². The molecule has 0 radical (unpaired) electrons. The number of likely N-dealkylation sites (tertiary alicyclic amines) is 1. The zero-order chi connectivity index (χ0) is 20.6. The fourth-order valence-electron chi connectivity index (χ4n) is 5.28. The standard InChI is InChI=1S/C24H39NO4/c1-2-3-4-7-20(26)8-9-21-22-15-18(14-19(22)16-23(21)27)10-13-29-17-24(28)25-11-5-6-12-25/h8-10,19-23,26-27H,2-7,11-17H2,1H3/b9-8+,18-10+/t19-,20-,21+,22-,23+/m0/s1. The number of carbonyl (C=O) groups excluding carboxylic acids is 1. The van der Waals surface area contributed by atoms with Crippen LogP contribution in [0.5, 0.6) is 0 Å². The molecule has 0 aromatic heterocycles. The molecule has 29 heavy (non-hydrogen) atoms. The van der Waals surface area contributed by atoms with Gasteiger partial charge in [-0.3, -0.25) is 4.79 Å². The number of hydrogen-bond acceptors (Lipinski definition) is 4. The number of aliphatic hydroxyl groups is 2. The van der Waals surface area contributed by atoms with Crippen molar-refractivity contribution in [1.82, 2.24) is 4.90 Å². The summed E-state index contributed by atoms with van der Waals surface area (Å²) in [4.78, 5) is 13.9. The van der Waals surface area contributed by atoms with Crippen LogP contribution in [-0.4, -0.2) is 59.5 Å². The summed E-state index contributed by atoms with van der Waals surface area (Å²) in [6.07, 6.45) is 14.7. The van der Waals surface area contributed by atoms with Gasteiger partial charge in [0.2, 0.25) is 5.91 Å². The van der Waals surface area contributed by atoms with Crippen LogP contribution in [-0.2, 0) is 9.53 Å². The minimum absolute atomic E-state index is 0.106. The largest absolute Gasteiger partial charge is 0.392 e. The molecule has 3 aliphatic rings. The van der Waals surface area contributed by atoms with E-state index in [0.717, 1.165) is 70.9 Å². The number of ether oxygens (including phenoxy) is 1. The monoisotopic (exact) mass is 405 g/mol. The topological polar surface area (TPSA) is 70.0 Å². The van der Waals surface area contributed by atoms with Crippen molar-refractivity contribution < 1.29 is 19.7 Å². The molecule has 0 aromatic rings. The van der Waals surface area contributed by atoms with Crippen LogP contribution in [0.3, 0.4) is 0 Å². The van der Waals surface area contributed by atoms with Gasteiger partial charge in [0.25, 0.3) is 0 Å². The number of unbranched alkanes of at least 4 members (excludes halogenated alkanes) is 2. The van der Waals surface area contributed by atoms with Gasteiger partial charge in [-0.25, -0.2) is 0 Å². The molecule has 5 nitrogen and oxygen atoms in total. The van der Waals surface area contributed by atoms with E-state index in [2.05, 4.69) is 19.1 Å². The second-order valence-electron chi connectivity index (χ2n) is 9.13. The molecule has 2 N–H and O–H groups in total. The van der Waals surface area contributed by atoms with E-state index < -0.39 is 6.10 Å². The van der Waals surface area contributed by atoms with E-state index in [-0.39, 0.29) is 24.5 Å². The van der Waals surface area contributed by atoms with Gasteiger partial charge in [-0.05, 0) is 50.4 Å². The highest BCUT2D eigenvalue weighted by Gasteiger charge is 2.44. The molecule has 164 valence electrons. The number of allylic oxidation sites excluding steroid dienone is 1. The van der Waals surface area contributed by atoms with Crippen molar-refractivity contribution >= 4 is 5.91 Å². The van der Waals surface area contributed by atoms with Gasteiger partial charge in [0.15, 0.2) is 0 Å². The van der Waals surface area contributed by atoms with Crippen LogP contribution in [0.25, 0.3) is 0 Å². The maximum Gasteiger partial charge on any atom is 0.248 e. The molecule has 3 fully saturated rings. The van der Waals surface area contributed by atoms with Gasteiger partial charge in [0.05, 0.1) is 18.8 Å². The van der Waals surface area contributed by atoms with Crippen molar-refractivity contribution in [1.29, 1.82) is 0 Å². The summed E-state index contributed by atoms with van der Waals surface area (Å²) < 4.78 is 5.60. The maximum atomic E-state index is 12.0. The average molecular weight is 406 g/mol. The Bertz CT molecular complexity index is 581. The van der Waals surface area contributed by atoms with Gasteiger partial charge in [0, 0.05) is 19.0 Å². The van der Waals surface area contributed by atoms with Gasteiger partial charge in [-0.15, -0.1) is 0 Å². The first-order chi connectivity index (χ1) is 14.1. The number of nitrogens with zero attached hydrogens (tertiary/aromatic N) is 1. The molecule has 0 aromatic carbocycles. The zero-order valence-electron chi connectivity index (χ0n) is 18.0. The van der Waals surface area contributed by atoms with E-state index in [1.807, 2.05) is 11.0 Å². The lowest BCUT2D eigenvalue weighted by Crippen LogP contribution is -2.31. The number of amides is 1. The molecule has 3 rings (SSSR count). The molecule has 5 heteroatoms. The number of carbonyl (C=O) groups is 1. The highest BCUT2D eigenvalue weighted by atomic mass is 16.5. The van der Waals surface area contributed by atoms with E-state index >= 15 is 0 Å². The van der Waals surface area contributed by atoms with E-state index in [4.69, 9.17) is 4.74 Å². The van der Waals surface area contributed by atoms with E-state index in [1.165, 1.54) is 5.57 Å². The fraction of sp³-hybridized carbons (Fsp3) is 0.792. The first-order valence-corrected chi connectivity index (χ1v) is 11.7. The van der Waals surface area contributed by atoms with Crippen LogP contribution in [0.2, 0.25) is 0 Å². The highest BCUT2D eigenvalue weighted by Crippen LogP contribution is 2.50. The summed E-state index contributed by atoms with van der Waals surface area (Å²) in [7, 11) is 0. The number of hydrogen-bond donors (Lipinski definition) is 2. The Morgan fingerprint density at radius 1 is 1.28 bits per heavy atom. The summed E-state index contributed by atoms with van der Waals surface area (Å²) in [6.45, 7) is 4.58. The van der Waals surface area contributed by atoms with Crippen molar-refractivity contribution in [2.75, 3.05) is 26.3 Å². The van der Waals surface area contributed by atoms with Crippen LogP contribution < -0.4 is 0 Å². The van der Waals surface area contributed by atoms with Crippen molar-refractivity contribution in [3.8, 4) is 0 Å². The maximum absolute atomic E-state index is 12.0. The average Bonchev–Trinajstić information content (AvgIpc) is 3.41. The summed E-state index contributed by atoms with van der Waals surface area (Å²) in [6, 6.07) is 0. The van der Waals surface area contributed by atoms with Crippen LogP contribution in [0.4, 0.5) is 0 Å². The predicted molar refractivity (Wildman–Crippen MR) is 114 cm³/mol. The fourth-order valence-corrected chi connectivity index (χ4v) is 5.28. The summed E-state index contributed by atoms with van der Waals surface area (Å²) >= 11 is 0. The van der Waals surface area contributed by atoms with Crippen molar-refractivity contribution in [2.45, 2.75) is 76.9 Å². The third-order valence-corrected chi connectivity index (χ3v) is 6.94. The number of fused-ring (bicyclic) bond motifs is 1. The van der Waals surface area contributed by atoms with Gasteiger partial charge < -0.3 is 19.8 Å². The second kappa shape index (κ2) is 11.3. The highest BCUT2D eigenvalue weighted by molar-refractivity contribution is 5.77. The van der Waals surface area contributed by atoms with Crippen molar-refractivity contribution in [2.24, 2.45) is 17.8 Å². The summed E-state index contributed by atoms with van der Waals surface area (Å²) in [5.41, 5.74) is 1.39. The SMILES string of the molecule is CCCCC[C@H](O)/C=C/[C@@H]1[C@H]2C/C(=C/COCC(=O)N3CCCC3)C[C@H]2C[C@H]1O. The van der Waals surface area contributed by atoms with E-state index in [1.54, 1.807) is 0 Å². The molecule has 1 aliphatic heterocycles. The Morgan fingerprint density at radius 2 is 2.07 bits per heavy atom. The molecule has 0 bridgehead atoms. The molecular formula is C24H39NO4. The number of aliphatic hydroxyl groups excluding tert-OH is 2. The quantitative estimate of drug-likeness (QED) is 0.431. The van der Waals surface area contributed by atoms with Crippen LogP contribution in [0, 0.1) is 17.8 Å². The Morgan fingerprint density at radius 3 is 2.83 bits per heavy atom. The molecule has 2 saturated carbocycles. The van der Waals surface area contributed by atoms with Gasteiger partial charge in [-0.2, -0.15) is 0 Å². The lowest BCUT2D eigenvalue weighted by Gasteiger charge is -2.18. The first-order valence-electron chi connectivity index (χ1n) is 11.7. The zero-order valence-corrected chi connectivity index (χ0v) is 18.0. The molecular weight excluding hydrogens is 366 g/mol. The lowest BCUT2D eigenvalue weighted by molar-refractivity contribution is -0.134. The minimum Gasteiger partial charge on any atom is -0.392 e. The first kappa shape index (κ1) is 22.5. The molecule has 0 spiro atoms. The Hall–Kier alpha value is -1.17. The molecule has 2 aliphatic carbocycles. The Kier molecular flexibility index (Phi) is 8.76. The summed E-state index contributed by atoms with van der Waals surface area (Å²) in [5, 5.41) is 20.6. The molecule has 1 saturated heterocycles. The predicted octanol–water partition coefficient (Wildman–Crippen LogP) is 3.46. The molecule has 5 atom stereocenters. The third-order valence-electron chi connectivity index (χ3n) is 6.94. The lowest BCUT2D eigenvalue weighted by atomic mass is 9.90. The Labute approximate surface area is 175 Å². The second-order valence-corrected chi connectivity index (χ2v) is 9.13. The smallest absolute Gasteiger partial charge is 0.248 e. The Balaban J connectivity index is 1.42. The van der Waals surface area contributed by atoms with Gasteiger partial charge in [0.1, 0.15) is 6.61 Å². The normalized spacial score (nSPS) is 31.8. The third kappa shape index (κ3) is 6.40. The molecule has 1 heterocycles. The van der Waals surface area contributed by atoms with Crippen molar-refractivity contribution in [3.63, 3.8) is 0 Å². The van der Waals surface area contributed by atoms with Crippen molar-refractivity contribution in [3.05, 3.63) is 23.8 Å². The summed E-state index contributed by atoms with van der Waals surface area (Å²) in [5.74, 6) is 1.23. The number of rotatable bonds is 10. The van der Waals surface area contributed by atoms with Crippen LogP contribution in [0.15, 0.2) is 23.8 Å². The van der Waals surface area contributed by atoms with E-state index in [0.29, 0.717) is 18.4 Å². The minimum atomic E-state index is -0.397. The van der Waals surface area contributed by atoms with Gasteiger partial charge >= 0.3 is 0 Å².